The maximum atomic E-state index is 12.0. The Morgan fingerprint density at radius 3 is 2.38 bits per heavy atom. The van der Waals surface area contributed by atoms with E-state index < -0.39 is 0 Å². The number of benzene rings is 2. The Labute approximate surface area is 164 Å². The Kier molecular flexibility index (Phi) is 9.28. The molecule has 2 aromatic rings. The van der Waals surface area contributed by atoms with Crippen LogP contribution in [0.2, 0.25) is 0 Å². The predicted molar refractivity (Wildman–Crippen MR) is 112 cm³/mol. The van der Waals surface area contributed by atoms with Gasteiger partial charge in [-0.25, -0.2) is 0 Å². The first kappa shape index (κ1) is 20.5. The molecule has 0 saturated heterocycles. The molecule has 4 nitrogen and oxygen atoms in total. The number of thioether (sulfide) groups is 2. The number of nitrogens with one attached hydrogen (secondary N) is 1. The first-order valence-corrected chi connectivity index (χ1v) is 11.0. The molecule has 2 aromatic carbocycles. The van der Waals surface area contributed by atoms with E-state index in [-0.39, 0.29) is 5.91 Å². The largest absolute Gasteiger partial charge is 0.494 e. The topological polar surface area (TPSA) is 47.6 Å². The van der Waals surface area contributed by atoms with Gasteiger partial charge in [0.25, 0.3) is 0 Å². The summed E-state index contributed by atoms with van der Waals surface area (Å²) >= 11 is 3.21. The molecule has 0 aromatic heterocycles. The van der Waals surface area contributed by atoms with E-state index in [1.165, 1.54) is 0 Å². The van der Waals surface area contributed by atoms with Crippen molar-refractivity contribution in [3.05, 3.63) is 48.5 Å². The number of ether oxygens (including phenoxy) is 2. The summed E-state index contributed by atoms with van der Waals surface area (Å²) in [5.41, 5.74) is 0.837. The molecule has 1 N–H and O–H groups in total. The number of carbonyl (C=O) groups is 1. The Morgan fingerprint density at radius 2 is 1.73 bits per heavy atom. The number of hydrogen-bond donors (Lipinski definition) is 1. The summed E-state index contributed by atoms with van der Waals surface area (Å²) in [5, 5.41) is 2.92. The summed E-state index contributed by atoms with van der Waals surface area (Å²) in [6.07, 6.45) is 3.01. The van der Waals surface area contributed by atoms with Crippen molar-refractivity contribution in [1.29, 1.82) is 0 Å². The lowest BCUT2D eigenvalue weighted by atomic mass is 10.3. The molecule has 26 heavy (non-hydrogen) atoms. The van der Waals surface area contributed by atoms with Crippen LogP contribution in [0.1, 0.15) is 13.3 Å². The molecule has 0 bridgehead atoms. The Morgan fingerprint density at radius 1 is 1.04 bits per heavy atom. The number of hydrogen-bond acceptors (Lipinski definition) is 5. The molecule has 0 aliphatic carbocycles. The van der Waals surface area contributed by atoms with Crippen LogP contribution in [0, 0.1) is 0 Å². The van der Waals surface area contributed by atoms with Crippen molar-refractivity contribution in [3.63, 3.8) is 0 Å². The highest BCUT2D eigenvalue weighted by molar-refractivity contribution is 8.00. The van der Waals surface area contributed by atoms with Crippen molar-refractivity contribution in [2.75, 3.05) is 36.3 Å². The van der Waals surface area contributed by atoms with Crippen LogP contribution in [0.15, 0.2) is 53.4 Å². The maximum absolute atomic E-state index is 12.0. The van der Waals surface area contributed by atoms with Crippen molar-refractivity contribution in [3.8, 4) is 11.5 Å². The van der Waals surface area contributed by atoms with Crippen molar-refractivity contribution < 1.29 is 14.3 Å². The molecule has 0 radical (unpaired) electrons. The molecule has 140 valence electrons. The first-order chi connectivity index (χ1) is 12.7. The van der Waals surface area contributed by atoms with Gasteiger partial charge in [0.2, 0.25) is 5.91 Å². The van der Waals surface area contributed by atoms with Gasteiger partial charge in [-0.05, 0) is 55.1 Å². The maximum Gasteiger partial charge on any atom is 0.234 e. The van der Waals surface area contributed by atoms with E-state index in [1.807, 2.05) is 54.8 Å². The summed E-state index contributed by atoms with van der Waals surface area (Å²) in [4.78, 5) is 13.1. The number of amides is 1. The highest BCUT2D eigenvalue weighted by Gasteiger charge is 2.04. The van der Waals surface area contributed by atoms with Crippen LogP contribution in [0.5, 0.6) is 11.5 Å². The standard InChI is InChI=1S/C20H25NO3S2/c1-3-11-23-17-7-9-18(10-8-17)24-12-13-26-15-20(22)21-16-5-4-6-19(14-16)25-2/h4-10,14H,3,11-13,15H2,1-2H3,(H,21,22). The lowest BCUT2D eigenvalue weighted by molar-refractivity contribution is -0.113. The summed E-state index contributed by atoms with van der Waals surface area (Å²) in [6.45, 7) is 3.37. The van der Waals surface area contributed by atoms with E-state index in [0.29, 0.717) is 12.4 Å². The van der Waals surface area contributed by atoms with Gasteiger partial charge in [0, 0.05) is 16.3 Å². The quantitative estimate of drug-likeness (QED) is 0.434. The van der Waals surface area contributed by atoms with Crippen LogP contribution < -0.4 is 14.8 Å². The summed E-state index contributed by atoms with van der Waals surface area (Å²) < 4.78 is 11.2. The predicted octanol–water partition coefficient (Wildman–Crippen LogP) is 4.95. The minimum atomic E-state index is 0.00526. The molecule has 0 aliphatic heterocycles. The average molecular weight is 392 g/mol. The zero-order valence-corrected chi connectivity index (χ0v) is 16.8. The van der Waals surface area contributed by atoms with Crippen LogP contribution in [-0.4, -0.2) is 36.9 Å². The van der Waals surface area contributed by atoms with Gasteiger partial charge in [0.15, 0.2) is 0 Å². The Hall–Kier alpha value is -1.79. The Bertz CT molecular complexity index is 677. The molecule has 6 heteroatoms. The zero-order valence-electron chi connectivity index (χ0n) is 15.2. The molecule has 0 spiro atoms. The summed E-state index contributed by atoms with van der Waals surface area (Å²) in [5.74, 6) is 2.84. The van der Waals surface area contributed by atoms with E-state index in [1.54, 1.807) is 23.5 Å². The van der Waals surface area contributed by atoms with E-state index in [2.05, 4.69) is 12.2 Å². The van der Waals surface area contributed by atoms with Crippen LogP contribution in [0.25, 0.3) is 0 Å². The smallest absolute Gasteiger partial charge is 0.234 e. The molecule has 0 heterocycles. The van der Waals surface area contributed by atoms with Crippen LogP contribution in [-0.2, 0) is 4.79 Å². The fourth-order valence-corrected chi connectivity index (χ4v) is 3.20. The minimum Gasteiger partial charge on any atom is -0.494 e. The average Bonchev–Trinajstić information content (AvgIpc) is 2.67. The van der Waals surface area contributed by atoms with Gasteiger partial charge in [-0.2, -0.15) is 0 Å². The van der Waals surface area contributed by atoms with E-state index in [9.17, 15) is 4.79 Å². The van der Waals surface area contributed by atoms with Crippen LogP contribution >= 0.6 is 23.5 Å². The van der Waals surface area contributed by atoms with Crippen molar-refractivity contribution in [1.82, 2.24) is 0 Å². The number of rotatable bonds is 11. The van der Waals surface area contributed by atoms with E-state index >= 15 is 0 Å². The third-order valence-corrected chi connectivity index (χ3v) is 5.03. The van der Waals surface area contributed by atoms with Gasteiger partial charge in [0.1, 0.15) is 11.5 Å². The highest BCUT2D eigenvalue weighted by Crippen LogP contribution is 2.20. The summed E-state index contributed by atoms with van der Waals surface area (Å²) in [7, 11) is 0. The second-order valence-electron chi connectivity index (χ2n) is 5.50. The SMILES string of the molecule is CCCOc1ccc(OCCSCC(=O)Nc2cccc(SC)c2)cc1. The van der Waals surface area contributed by atoms with Crippen LogP contribution in [0.4, 0.5) is 5.69 Å². The Balaban J connectivity index is 1.61. The fourth-order valence-electron chi connectivity index (χ4n) is 2.13. The van der Waals surface area contributed by atoms with Gasteiger partial charge in [-0.15, -0.1) is 23.5 Å². The van der Waals surface area contributed by atoms with Crippen molar-refractivity contribution in [2.45, 2.75) is 18.2 Å². The molecule has 0 unspecified atom stereocenters. The molecule has 0 atom stereocenters. The van der Waals surface area contributed by atoms with Crippen molar-refractivity contribution >= 4 is 35.1 Å². The number of carbonyl (C=O) groups excluding carboxylic acids is 1. The summed E-state index contributed by atoms with van der Waals surface area (Å²) in [6, 6.07) is 15.5. The number of anilines is 1. The molecule has 0 saturated carbocycles. The van der Waals surface area contributed by atoms with Gasteiger partial charge in [-0.3, -0.25) is 4.79 Å². The van der Waals surface area contributed by atoms with Crippen LogP contribution in [0.3, 0.4) is 0 Å². The van der Waals surface area contributed by atoms with Gasteiger partial charge in [0.05, 0.1) is 19.0 Å². The normalized spacial score (nSPS) is 10.4. The first-order valence-electron chi connectivity index (χ1n) is 8.58. The lowest BCUT2D eigenvalue weighted by Gasteiger charge is -2.09. The fraction of sp³-hybridized carbons (Fsp3) is 0.350. The minimum absolute atomic E-state index is 0.00526. The van der Waals surface area contributed by atoms with Crippen molar-refractivity contribution in [2.24, 2.45) is 0 Å². The highest BCUT2D eigenvalue weighted by atomic mass is 32.2. The molecular weight excluding hydrogens is 366 g/mol. The molecule has 0 aliphatic rings. The van der Waals surface area contributed by atoms with Gasteiger partial charge < -0.3 is 14.8 Å². The third kappa shape index (κ3) is 7.62. The molecule has 0 fully saturated rings. The molecular formula is C20H25NO3S2. The van der Waals surface area contributed by atoms with Gasteiger partial charge in [-0.1, -0.05) is 13.0 Å². The lowest BCUT2D eigenvalue weighted by Crippen LogP contribution is -2.15. The molecule has 2 rings (SSSR count). The monoisotopic (exact) mass is 391 g/mol. The van der Waals surface area contributed by atoms with E-state index in [4.69, 9.17) is 9.47 Å². The molecule has 1 amide bonds. The third-order valence-electron chi connectivity index (χ3n) is 3.38. The zero-order chi connectivity index (χ0) is 18.6. The second kappa shape index (κ2) is 11.8. The van der Waals surface area contributed by atoms with E-state index in [0.717, 1.165) is 40.9 Å². The van der Waals surface area contributed by atoms with Gasteiger partial charge >= 0.3 is 0 Å². The second-order valence-corrected chi connectivity index (χ2v) is 7.49.